The van der Waals surface area contributed by atoms with Crippen LogP contribution in [0.1, 0.15) is 35.7 Å². The second-order valence-corrected chi connectivity index (χ2v) is 8.02. The first-order chi connectivity index (χ1) is 15.1. The summed E-state index contributed by atoms with van der Waals surface area (Å²) in [5, 5.41) is 5.86. The van der Waals surface area contributed by atoms with Crippen LogP contribution >= 0.6 is 0 Å². The van der Waals surface area contributed by atoms with E-state index >= 15 is 0 Å². The van der Waals surface area contributed by atoms with Crippen LogP contribution in [0.15, 0.2) is 84.9 Å². The van der Waals surface area contributed by atoms with Gasteiger partial charge in [-0.05, 0) is 67.6 Å². The van der Waals surface area contributed by atoms with Crippen LogP contribution in [-0.4, -0.2) is 22.9 Å². The number of anilines is 2. The monoisotopic (exact) mass is 413 g/mol. The summed E-state index contributed by atoms with van der Waals surface area (Å²) in [4.78, 5) is 27.4. The predicted octanol–water partition coefficient (Wildman–Crippen LogP) is 5.77. The van der Waals surface area contributed by atoms with E-state index in [4.69, 9.17) is 0 Å². The van der Waals surface area contributed by atoms with Crippen molar-refractivity contribution in [2.24, 2.45) is 5.92 Å². The highest BCUT2D eigenvalue weighted by Gasteiger charge is 2.34. The Hall–Kier alpha value is -3.60. The number of carbonyl (C=O) groups excluding carboxylic acids is 2. The van der Waals surface area contributed by atoms with E-state index in [0.29, 0.717) is 23.7 Å². The molecule has 0 spiro atoms. The number of amides is 3. The first-order valence-electron chi connectivity index (χ1n) is 10.7. The van der Waals surface area contributed by atoms with E-state index in [1.165, 1.54) is 12.8 Å². The van der Waals surface area contributed by atoms with Crippen LogP contribution < -0.4 is 10.6 Å². The first-order valence-corrected chi connectivity index (χ1v) is 10.7. The van der Waals surface area contributed by atoms with Crippen LogP contribution in [-0.2, 0) is 6.54 Å². The lowest BCUT2D eigenvalue weighted by atomic mass is 10.1. The van der Waals surface area contributed by atoms with Crippen molar-refractivity contribution in [3.8, 4) is 0 Å². The van der Waals surface area contributed by atoms with E-state index < -0.39 is 0 Å². The third-order valence-corrected chi connectivity index (χ3v) is 5.68. The Bertz CT molecular complexity index is 1020. The van der Waals surface area contributed by atoms with Gasteiger partial charge in [0.05, 0.1) is 0 Å². The largest absolute Gasteiger partial charge is 0.322 e. The minimum absolute atomic E-state index is 0.121. The molecule has 158 valence electrons. The summed E-state index contributed by atoms with van der Waals surface area (Å²) >= 11 is 0. The summed E-state index contributed by atoms with van der Waals surface area (Å²) in [6.07, 6.45) is 2.34. The maximum Gasteiger partial charge on any atom is 0.322 e. The molecule has 3 amide bonds. The molecule has 0 radical (unpaired) electrons. The molecular weight excluding hydrogens is 386 g/mol. The zero-order chi connectivity index (χ0) is 21.6. The third-order valence-electron chi connectivity index (χ3n) is 5.68. The Kier molecular flexibility index (Phi) is 6.32. The van der Waals surface area contributed by atoms with Crippen molar-refractivity contribution >= 4 is 23.3 Å². The van der Waals surface area contributed by atoms with Crippen LogP contribution in [0.2, 0.25) is 0 Å². The Morgan fingerprint density at radius 3 is 2.03 bits per heavy atom. The van der Waals surface area contributed by atoms with Crippen molar-refractivity contribution in [1.29, 1.82) is 0 Å². The molecule has 1 atom stereocenters. The Morgan fingerprint density at radius 1 is 0.839 bits per heavy atom. The standard InChI is InChI=1S/C26H27N3O2/c1-19(21-12-13-21)29(18-20-8-4-2-5-9-20)26(31)28-24-16-14-22(15-17-24)25(30)27-23-10-6-3-7-11-23/h2-11,14-17,19,21H,12-13,18H2,1H3,(H,27,30)(H,28,31). The summed E-state index contributed by atoms with van der Waals surface area (Å²) in [5.41, 5.74) is 3.06. The Morgan fingerprint density at radius 2 is 1.42 bits per heavy atom. The zero-order valence-electron chi connectivity index (χ0n) is 17.6. The summed E-state index contributed by atoms with van der Waals surface area (Å²) in [5.74, 6) is 0.385. The summed E-state index contributed by atoms with van der Waals surface area (Å²) in [6, 6.07) is 26.4. The minimum Gasteiger partial charge on any atom is -0.322 e. The van der Waals surface area contributed by atoms with E-state index in [0.717, 1.165) is 11.3 Å². The minimum atomic E-state index is -0.183. The highest BCUT2D eigenvalue weighted by Crippen LogP contribution is 2.36. The summed E-state index contributed by atoms with van der Waals surface area (Å²) in [6.45, 7) is 2.69. The van der Waals surface area contributed by atoms with E-state index in [9.17, 15) is 9.59 Å². The number of nitrogens with zero attached hydrogens (tertiary/aromatic N) is 1. The number of carbonyl (C=O) groups is 2. The Labute approximate surface area is 183 Å². The van der Waals surface area contributed by atoms with Crippen LogP contribution in [0.5, 0.6) is 0 Å². The zero-order valence-corrected chi connectivity index (χ0v) is 17.6. The second-order valence-electron chi connectivity index (χ2n) is 8.02. The fraction of sp³-hybridized carbons (Fsp3) is 0.231. The van der Waals surface area contributed by atoms with Gasteiger partial charge in [-0.15, -0.1) is 0 Å². The molecule has 1 aliphatic carbocycles. The van der Waals surface area contributed by atoms with Crippen molar-refractivity contribution in [2.45, 2.75) is 32.4 Å². The molecule has 31 heavy (non-hydrogen) atoms. The molecule has 1 aliphatic rings. The van der Waals surface area contributed by atoms with Gasteiger partial charge in [0.1, 0.15) is 0 Å². The van der Waals surface area contributed by atoms with Crippen LogP contribution in [0.25, 0.3) is 0 Å². The topological polar surface area (TPSA) is 61.4 Å². The van der Waals surface area contributed by atoms with Gasteiger partial charge < -0.3 is 15.5 Å². The van der Waals surface area contributed by atoms with E-state index in [2.05, 4.69) is 17.6 Å². The molecule has 0 heterocycles. The molecule has 4 rings (SSSR count). The number of hydrogen-bond donors (Lipinski definition) is 2. The highest BCUT2D eigenvalue weighted by molar-refractivity contribution is 6.04. The summed E-state index contributed by atoms with van der Waals surface area (Å²) < 4.78 is 0. The van der Waals surface area contributed by atoms with E-state index in [-0.39, 0.29) is 18.0 Å². The molecular formula is C26H27N3O2. The van der Waals surface area contributed by atoms with Crippen molar-refractivity contribution < 1.29 is 9.59 Å². The van der Waals surface area contributed by atoms with Crippen LogP contribution in [0.4, 0.5) is 16.2 Å². The molecule has 1 saturated carbocycles. The van der Waals surface area contributed by atoms with Gasteiger partial charge in [-0.2, -0.15) is 0 Å². The SMILES string of the molecule is CC(C1CC1)N(Cc1ccccc1)C(=O)Nc1ccc(C(=O)Nc2ccccc2)cc1. The van der Waals surface area contributed by atoms with Gasteiger partial charge >= 0.3 is 6.03 Å². The molecule has 5 heteroatoms. The average Bonchev–Trinajstić information content (AvgIpc) is 3.64. The Balaban J connectivity index is 1.41. The lowest BCUT2D eigenvalue weighted by molar-refractivity contribution is 0.102. The average molecular weight is 414 g/mol. The molecule has 2 N–H and O–H groups in total. The number of para-hydroxylation sites is 1. The highest BCUT2D eigenvalue weighted by atomic mass is 16.2. The van der Waals surface area contributed by atoms with Gasteiger partial charge in [-0.3, -0.25) is 4.79 Å². The maximum absolute atomic E-state index is 13.1. The number of benzene rings is 3. The van der Waals surface area contributed by atoms with Gasteiger partial charge in [0.15, 0.2) is 0 Å². The van der Waals surface area contributed by atoms with Gasteiger partial charge in [-0.1, -0.05) is 48.5 Å². The van der Waals surface area contributed by atoms with Gasteiger partial charge in [0.2, 0.25) is 0 Å². The normalized spacial score (nSPS) is 13.8. The number of rotatable bonds is 7. The molecule has 5 nitrogen and oxygen atoms in total. The first kappa shape index (κ1) is 20.7. The van der Waals surface area contributed by atoms with Crippen molar-refractivity contribution in [3.05, 3.63) is 96.1 Å². The van der Waals surface area contributed by atoms with E-state index in [1.54, 1.807) is 24.3 Å². The maximum atomic E-state index is 13.1. The fourth-order valence-corrected chi connectivity index (χ4v) is 3.64. The number of urea groups is 1. The lowest BCUT2D eigenvalue weighted by Gasteiger charge is -2.29. The van der Waals surface area contributed by atoms with Gasteiger partial charge in [0.25, 0.3) is 5.91 Å². The smallest absolute Gasteiger partial charge is 0.322 e. The predicted molar refractivity (Wildman–Crippen MR) is 124 cm³/mol. The van der Waals surface area contributed by atoms with Crippen LogP contribution in [0, 0.1) is 5.92 Å². The van der Waals surface area contributed by atoms with Gasteiger partial charge in [-0.25, -0.2) is 4.79 Å². The third kappa shape index (κ3) is 5.51. The molecule has 3 aromatic rings. The molecule has 1 unspecified atom stereocenters. The number of nitrogens with one attached hydrogen (secondary N) is 2. The van der Waals surface area contributed by atoms with Gasteiger partial charge in [0, 0.05) is 29.5 Å². The van der Waals surface area contributed by atoms with E-state index in [1.807, 2.05) is 65.6 Å². The van der Waals surface area contributed by atoms with Crippen molar-refractivity contribution in [2.75, 3.05) is 10.6 Å². The van der Waals surface area contributed by atoms with Crippen molar-refractivity contribution in [3.63, 3.8) is 0 Å². The van der Waals surface area contributed by atoms with Crippen molar-refractivity contribution in [1.82, 2.24) is 4.90 Å². The quantitative estimate of drug-likeness (QED) is 0.516. The van der Waals surface area contributed by atoms with Crippen LogP contribution in [0.3, 0.4) is 0 Å². The molecule has 0 bridgehead atoms. The lowest BCUT2D eigenvalue weighted by Crippen LogP contribution is -2.42. The number of hydrogen-bond acceptors (Lipinski definition) is 2. The molecule has 0 aliphatic heterocycles. The molecule has 0 aromatic heterocycles. The second kappa shape index (κ2) is 9.47. The fourth-order valence-electron chi connectivity index (χ4n) is 3.64. The molecule has 3 aromatic carbocycles. The molecule has 0 saturated heterocycles. The summed E-state index contributed by atoms with van der Waals surface area (Å²) in [7, 11) is 0. The molecule has 1 fully saturated rings.